The molecule has 0 spiro atoms. The number of hydrogen-bond acceptors (Lipinski definition) is 5. The van der Waals surface area contributed by atoms with Crippen molar-refractivity contribution in [3.05, 3.63) is 53.9 Å². The van der Waals surface area contributed by atoms with Crippen LogP contribution in [0, 0.1) is 0 Å². The fourth-order valence-electron chi connectivity index (χ4n) is 3.45. The number of aryl methyl sites for hydroxylation is 1. The molecule has 1 saturated heterocycles. The number of aromatic nitrogens is 1. The normalized spacial score (nSPS) is 14.8. The first-order chi connectivity index (χ1) is 13.2. The number of pyridine rings is 1. The van der Waals surface area contributed by atoms with Crippen LogP contribution in [0.3, 0.4) is 0 Å². The Bertz CT molecular complexity index is 744. The molecule has 1 aromatic carbocycles. The fraction of sp³-hybridized carbons (Fsp3) is 0.429. The molecule has 3 rings (SSSR count). The molecule has 0 atom stereocenters. The van der Waals surface area contributed by atoms with Crippen molar-refractivity contribution in [1.82, 2.24) is 14.8 Å². The van der Waals surface area contributed by atoms with E-state index < -0.39 is 0 Å². The maximum Gasteiger partial charge on any atom is 0.222 e. The lowest BCUT2D eigenvalue weighted by Crippen LogP contribution is -2.48. The molecule has 0 radical (unpaired) electrons. The van der Waals surface area contributed by atoms with E-state index in [4.69, 9.17) is 9.47 Å². The highest BCUT2D eigenvalue weighted by atomic mass is 16.5. The van der Waals surface area contributed by atoms with Crippen LogP contribution in [-0.4, -0.2) is 61.1 Å². The number of hydrogen-bond donors (Lipinski definition) is 0. The second-order valence-electron chi connectivity index (χ2n) is 6.67. The summed E-state index contributed by atoms with van der Waals surface area (Å²) in [4.78, 5) is 21.0. The van der Waals surface area contributed by atoms with Crippen LogP contribution in [0.4, 0.5) is 0 Å². The van der Waals surface area contributed by atoms with Gasteiger partial charge in [0.25, 0.3) is 0 Å². The van der Waals surface area contributed by atoms with Gasteiger partial charge in [-0.1, -0.05) is 12.1 Å². The summed E-state index contributed by atoms with van der Waals surface area (Å²) < 4.78 is 10.8. The molecule has 144 valence electrons. The van der Waals surface area contributed by atoms with E-state index in [1.807, 2.05) is 47.6 Å². The Labute approximate surface area is 160 Å². The van der Waals surface area contributed by atoms with Crippen molar-refractivity contribution in [3.63, 3.8) is 0 Å². The van der Waals surface area contributed by atoms with Gasteiger partial charge in [0.05, 0.1) is 14.2 Å². The molecular formula is C21H27N3O3. The number of carbonyl (C=O) groups is 1. The molecule has 1 fully saturated rings. The summed E-state index contributed by atoms with van der Waals surface area (Å²) in [5.41, 5.74) is 2.26. The minimum Gasteiger partial charge on any atom is -0.493 e. The second kappa shape index (κ2) is 9.37. The Balaban J connectivity index is 1.49. The minimum absolute atomic E-state index is 0.198. The Morgan fingerprint density at radius 2 is 1.78 bits per heavy atom. The van der Waals surface area contributed by atoms with Crippen molar-refractivity contribution < 1.29 is 14.3 Å². The lowest BCUT2D eigenvalue weighted by atomic mass is 10.1. The summed E-state index contributed by atoms with van der Waals surface area (Å²) in [6.45, 7) is 4.26. The van der Waals surface area contributed by atoms with Gasteiger partial charge >= 0.3 is 0 Å². The van der Waals surface area contributed by atoms with E-state index >= 15 is 0 Å². The van der Waals surface area contributed by atoms with E-state index in [1.54, 1.807) is 14.2 Å². The van der Waals surface area contributed by atoms with Crippen LogP contribution in [0.15, 0.2) is 42.7 Å². The van der Waals surface area contributed by atoms with Gasteiger partial charge in [-0.3, -0.25) is 14.7 Å². The zero-order valence-corrected chi connectivity index (χ0v) is 16.1. The van der Waals surface area contributed by atoms with Crippen molar-refractivity contribution in [1.29, 1.82) is 0 Å². The third-order valence-corrected chi connectivity index (χ3v) is 4.97. The van der Waals surface area contributed by atoms with Gasteiger partial charge in [0.1, 0.15) is 0 Å². The molecule has 1 amide bonds. The van der Waals surface area contributed by atoms with E-state index in [0.29, 0.717) is 18.6 Å². The SMILES string of the molecule is COc1cccc(CCC(=O)N2CCN(Cc3ccncc3)CC2)c1OC. The molecule has 1 aromatic heterocycles. The average Bonchev–Trinajstić information content (AvgIpc) is 2.72. The number of amides is 1. The molecule has 1 aliphatic rings. The average molecular weight is 369 g/mol. The van der Waals surface area contributed by atoms with Crippen LogP contribution in [0.2, 0.25) is 0 Å². The molecule has 0 bridgehead atoms. The minimum atomic E-state index is 0.198. The molecule has 6 heteroatoms. The van der Waals surface area contributed by atoms with Gasteiger partial charge in [-0.05, 0) is 35.7 Å². The highest BCUT2D eigenvalue weighted by Crippen LogP contribution is 2.31. The standard InChI is InChI=1S/C21H27N3O3/c1-26-19-5-3-4-18(21(19)27-2)6-7-20(25)24-14-12-23(13-15-24)16-17-8-10-22-11-9-17/h3-5,8-11H,6-7,12-16H2,1-2H3. The molecule has 2 aromatic rings. The van der Waals surface area contributed by atoms with Crippen molar-refractivity contribution >= 4 is 5.91 Å². The van der Waals surface area contributed by atoms with Gasteiger partial charge in [0.2, 0.25) is 5.91 Å². The number of carbonyl (C=O) groups excluding carboxylic acids is 1. The van der Waals surface area contributed by atoms with Gasteiger partial charge in [-0.15, -0.1) is 0 Å². The first kappa shape index (κ1) is 19.2. The van der Waals surface area contributed by atoms with Gasteiger partial charge in [0, 0.05) is 51.5 Å². The number of rotatable bonds is 7. The van der Waals surface area contributed by atoms with Crippen LogP contribution in [0.1, 0.15) is 17.5 Å². The summed E-state index contributed by atoms with van der Waals surface area (Å²) in [5, 5.41) is 0. The Hall–Kier alpha value is -2.60. The zero-order chi connectivity index (χ0) is 19.1. The predicted octanol–water partition coefficient (Wildman–Crippen LogP) is 2.38. The van der Waals surface area contributed by atoms with E-state index in [0.717, 1.165) is 44.0 Å². The van der Waals surface area contributed by atoms with Crippen molar-refractivity contribution in [3.8, 4) is 11.5 Å². The van der Waals surface area contributed by atoms with Gasteiger partial charge in [-0.25, -0.2) is 0 Å². The third kappa shape index (κ3) is 4.98. The number of benzene rings is 1. The van der Waals surface area contributed by atoms with E-state index in [9.17, 15) is 4.79 Å². The number of methoxy groups -OCH3 is 2. The molecule has 6 nitrogen and oxygen atoms in total. The van der Waals surface area contributed by atoms with Crippen LogP contribution < -0.4 is 9.47 Å². The van der Waals surface area contributed by atoms with Crippen molar-refractivity contribution in [2.24, 2.45) is 0 Å². The molecule has 1 aliphatic heterocycles. The topological polar surface area (TPSA) is 54.9 Å². The fourth-order valence-corrected chi connectivity index (χ4v) is 3.45. The highest BCUT2D eigenvalue weighted by molar-refractivity contribution is 5.76. The molecule has 0 N–H and O–H groups in total. The van der Waals surface area contributed by atoms with Crippen molar-refractivity contribution in [2.45, 2.75) is 19.4 Å². The Morgan fingerprint density at radius 1 is 1.04 bits per heavy atom. The van der Waals surface area contributed by atoms with Gasteiger partial charge < -0.3 is 14.4 Å². The van der Waals surface area contributed by atoms with Crippen LogP contribution in [0.5, 0.6) is 11.5 Å². The number of piperazine rings is 1. The molecular weight excluding hydrogens is 342 g/mol. The smallest absolute Gasteiger partial charge is 0.222 e. The third-order valence-electron chi connectivity index (χ3n) is 4.97. The van der Waals surface area contributed by atoms with Crippen LogP contribution in [0.25, 0.3) is 0 Å². The molecule has 0 saturated carbocycles. The first-order valence-electron chi connectivity index (χ1n) is 9.30. The summed E-state index contributed by atoms with van der Waals surface area (Å²) >= 11 is 0. The van der Waals surface area contributed by atoms with Crippen LogP contribution in [-0.2, 0) is 17.8 Å². The Kier molecular flexibility index (Phi) is 6.65. The maximum absolute atomic E-state index is 12.6. The monoisotopic (exact) mass is 369 g/mol. The van der Waals surface area contributed by atoms with Crippen molar-refractivity contribution in [2.75, 3.05) is 40.4 Å². The number of para-hydroxylation sites is 1. The molecule has 0 aliphatic carbocycles. The second-order valence-corrected chi connectivity index (χ2v) is 6.67. The summed E-state index contributed by atoms with van der Waals surface area (Å²) in [5.74, 6) is 1.62. The molecule has 0 unspecified atom stereocenters. The lowest BCUT2D eigenvalue weighted by molar-refractivity contribution is -0.133. The first-order valence-corrected chi connectivity index (χ1v) is 9.30. The maximum atomic E-state index is 12.6. The summed E-state index contributed by atoms with van der Waals surface area (Å²) in [7, 11) is 3.25. The Morgan fingerprint density at radius 3 is 2.44 bits per heavy atom. The summed E-state index contributed by atoms with van der Waals surface area (Å²) in [6, 6.07) is 9.87. The summed E-state index contributed by atoms with van der Waals surface area (Å²) in [6.07, 6.45) is 4.77. The van der Waals surface area contributed by atoms with E-state index in [2.05, 4.69) is 9.88 Å². The largest absolute Gasteiger partial charge is 0.493 e. The quantitative estimate of drug-likeness (QED) is 0.750. The zero-order valence-electron chi connectivity index (χ0n) is 16.1. The number of nitrogens with zero attached hydrogens (tertiary/aromatic N) is 3. The van der Waals surface area contributed by atoms with E-state index in [1.165, 1.54) is 5.56 Å². The van der Waals surface area contributed by atoms with Crippen LogP contribution >= 0.6 is 0 Å². The molecule has 27 heavy (non-hydrogen) atoms. The lowest BCUT2D eigenvalue weighted by Gasteiger charge is -2.34. The number of ether oxygens (including phenoxy) is 2. The van der Waals surface area contributed by atoms with Gasteiger partial charge in [-0.2, -0.15) is 0 Å². The molecule has 2 heterocycles. The van der Waals surface area contributed by atoms with Gasteiger partial charge in [0.15, 0.2) is 11.5 Å². The highest BCUT2D eigenvalue weighted by Gasteiger charge is 2.21. The van der Waals surface area contributed by atoms with E-state index in [-0.39, 0.29) is 5.91 Å². The predicted molar refractivity (Wildman–Crippen MR) is 104 cm³/mol.